The highest BCUT2D eigenvalue weighted by Gasteiger charge is 2.20. The van der Waals surface area contributed by atoms with E-state index in [2.05, 4.69) is 15.0 Å². The van der Waals surface area contributed by atoms with Gasteiger partial charge in [0.1, 0.15) is 17.4 Å². The Labute approximate surface area is 195 Å². The summed E-state index contributed by atoms with van der Waals surface area (Å²) in [7, 11) is 0. The van der Waals surface area contributed by atoms with Crippen LogP contribution in [0.25, 0.3) is 11.1 Å². The van der Waals surface area contributed by atoms with E-state index in [-0.39, 0.29) is 11.1 Å². The fourth-order valence-corrected chi connectivity index (χ4v) is 4.59. The number of aromatic nitrogens is 1. The van der Waals surface area contributed by atoms with E-state index in [9.17, 15) is 9.50 Å². The lowest BCUT2D eigenvalue weighted by atomic mass is 9.93. The summed E-state index contributed by atoms with van der Waals surface area (Å²) < 4.78 is 18.0. The highest BCUT2D eigenvalue weighted by atomic mass is 35.5. The van der Waals surface area contributed by atoms with Crippen LogP contribution < -0.4 is 10.0 Å². The number of aliphatic hydroxyl groups is 1. The first kappa shape index (κ1) is 23.6. The van der Waals surface area contributed by atoms with Gasteiger partial charge in [-0.2, -0.15) is 0 Å². The van der Waals surface area contributed by atoms with E-state index in [1.807, 2.05) is 31.5 Å². The lowest BCUT2D eigenvalue weighted by Crippen LogP contribution is -2.28. The minimum absolute atomic E-state index is 0.0458. The molecule has 2 unspecified atom stereocenters. The van der Waals surface area contributed by atoms with Gasteiger partial charge >= 0.3 is 0 Å². The predicted octanol–water partition coefficient (Wildman–Crippen LogP) is 6.34. The monoisotopic (exact) mass is 475 g/mol. The minimum Gasteiger partial charge on any atom is -0.384 e. The third kappa shape index (κ3) is 6.02. The number of rotatable bonds is 6. The van der Waals surface area contributed by atoms with Crippen molar-refractivity contribution in [3.8, 4) is 11.1 Å². The number of aliphatic hydroxyl groups excluding tert-OH is 1. The van der Waals surface area contributed by atoms with E-state index in [0.717, 1.165) is 16.0 Å². The molecule has 4 rings (SSSR count). The van der Waals surface area contributed by atoms with Gasteiger partial charge in [0.15, 0.2) is 0 Å². The van der Waals surface area contributed by atoms with Gasteiger partial charge in [0, 0.05) is 39.6 Å². The van der Waals surface area contributed by atoms with Gasteiger partial charge in [-0.25, -0.2) is 9.11 Å². The third-order valence-electron chi connectivity index (χ3n) is 4.36. The lowest BCUT2D eigenvalue weighted by Gasteiger charge is -2.18. The van der Waals surface area contributed by atoms with Gasteiger partial charge in [-0.1, -0.05) is 55.4 Å². The molecule has 2 aromatic carbocycles. The molecule has 0 radical (unpaired) electrons. The Bertz CT molecular complexity index is 1030. The molecular weight excluding hydrogens is 453 g/mol. The molecule has 0 fully saturated rings. The van der Waals surface area contributed by atoms with Crippen molar-refractivity contribution in [1.29, 1.82) is 0 Å². The van der Waals surface area contributed by atoms with E-state index in [4.69, 9.17) is 11.6 Å². The Morgan fingerprint density at radius 3 is 2.68 bits per heavy atom. The standard InChI is InChI=1S/C21H17ClFN3OS2.C2H6/c22-14-3-5-16(18(10-14)13-2-1-7-24-12-13)20(27)17-6-4-15(11-19(17)23)29-26-21-25-8-9-28-21;1-2/h1-12,20-21,25-27H;1-2H3. The Morgan fingerprint density at radius 2 is 2.00 bits per heavy atom. The second-order valence-corrected chi connectivity index (χ2v) is 8.63. The summed E-state index contributed by atoms with van der Waals surface area (Å²) in [6.07, 6.45) is 4.08. The van der Waals surface area contributed by atoms with Crippen molar-refractivity contribution in [3.63, 3.8) is 0 Å². The van der Waals surface area contributed by atoms with Gasteiger partial charge in [-0.3, -0.25) is 4.98 Å². The molecule has 162 valence electrons. The molecule has 31 heavy (non-hydrogen) atoms. The first-order valence-electron chi connectivity index (χ1n) is 9.78. The van der Waals surface area contributed by atoms with Crippen LogP contribution in [0.2, 0.25) is 5.02 Å². The van der Waals surface area contributed by atoms with Crippen LogP contribution in [0, 0.1) is 5.82 Å². The van der Waals surface area contributed by atoms with Crippen LogP contribution in [-0.4, -0.2) is 15.6 Å². The molecule has 0 saturated heterocycles. The minimum atomic E-state index is -1.13. The molecule has 1 aliphatic rings. The molecule has 1 aromatic heterocycles. The van der Waals surface area contributed by atoms with Crippen molar-refractivity contribution < 1.29 is 9.50 Å². The molecule has 0 saturated carbocycles. The number of thioether (sulfide) groups is 1. The third-order valence-corrected chi connectivity index (χ3v) is 6.41. The zero-order valence-corrected chi connectivity index (χ0v) is 19.4. The van der Waals surface area contributed by atoms with Crippen LogP contribution >= 0.6 is 35.3 Å². The summed E-state index contributed by atoms with van der Waals surface area (Å²) in [6, 6.07) is 13.7. The highest BCUT2D eigenvalue weighted by molar-refractivity contribution is 8.04. The summed E-state index contributed by atoms with van der Waals surface area (Å²) >= 11 is 9.09. The number of hydrogen-bond donors (Lipinski definition) is 3. The zero-order chi connectivity index (χ0) is 22.2. The van der Waals surface area contributed by atoms with Crippen LogP contribution in [0.3, 0.4) is 0 Å². The largest absolute Gasteiger partial charge is 0.384 e. The quantitative estimate of drug-likeness (QED) is 0.362. The second-order valence-electron chi connectivity index (χ2n) is 6.26. The molecule has 0 bridgehead atoms. The van der Waals surface area contributed by atoms with Crippen LogP contribution in [-0.2, 0) is 0 Å². The van der Waals surface area contributed by atoms with E-state index in [1.165, 1.54) is 18.0 Å². The van der Waals surface area contributed by atoms with Crippen molar-refractivity contribution >= 4 is 35.3 Å². The highest BCUT2D eigenvalue weighted by Crippen LogP contribution is 2.35. The summed E-state index contributed by atoms with van der Waals surface area (Å²) in [4.78, 5) is 4.85. The first-order valence-corrected chi connectivity index (χ1v) is 11.9. The van der Waals surface area contributed by atoms with Crippen LogP contribution in [0.1, 0.15) is 31.1 Å². The SMILES string of the molecule is CC.OC(c1ccc(SNC2NC=CS2)cc1F)c1ccc(Cl)cc1-c1cccnc1. The number of benzene rings is 2. The van der Waals surface area contributed by atoms with Crippen LogP contribution in [0.5, 0.6) is 0 Å². The molecular formula is C23H23ClFN3OS2. The zero-order valence-electron chi connectivity index (χ0n) is 17.0. The molecule has 2 heterocycles. The maximum atomic E-state index is 14.8. The van der Waals surface area contributed by atoms with Gasteiger partial charge in [-0.15, -0.1) is 0 Å². The van der Waals surface area contributed by atoms with Crippen molar-refractivity contribution in [3.05, 3.63) is 94.5 Å². The van der Waals surface area contributed by atoms with E-state index in [0.29, 0.717) is 10.6 Å². The van der Waals surface area contributed by atoms with E-state index >= 15 is 0 Å². The van der Waals surface area contributed by atoms with Gasteiger partial charge < -0.3 is 10.4 Å². The smallest absolute Gasteiger partial charge is 0.138 e. The Hall–Kier alpha value is -2.03. The maximum absolute atomic E-state index is 14.8. The molecule has 0 amide bonds. The second kappa shape index (κ2) is 11.5. The Balaban J connectivity index is 0.00000132. The van der Waals surface area contributed by atoms with Crippen LogP contribution in [0.15, 0.2) is 77.4 Å². The van der Waals surface area contributed by atoms with Crippen molar-refractivity contribution in [1.82, 2.24) is 15.0 Å². The fraction of sp³-hybridized carbons (Fsp3) is 0.174. The number of nitrogens with zero attached hydrogens (tertiary/aromatic N) is 1. The number of pyridine rings is 1. The number of hydrogen-bond acceptors (Lipinski definition) is 6. The molecule has 1 aliphatic heterocycles. The lowest BCUT2D eigenvalue weighted by molar-refractivity contribution is 0.215. The molecule has 3 N–H and O–H groups in total. The Kier molecular flexibility index (Phi) is 8.80. The molecule has 3 aromatic rings. The normalized spacial score (nSPS) is 15.7. The molecule has 8 heteroatoms. The number of nitrogens with one attached hydrogen (secondary N) is 2. The Morgan fingerprint density at radius 1 is 1.19 bits per heavy atom. The molecule has 2 atom stereocenters. The summed E-state index contributed by atoms with van der Waals surface area (Å²) in [5.74, 6) is -0.471. The predicted molar refractivity (Wildman–Crippen MR) is 129 cm³/mol. The van der Waals surface area contributed by atoms with Crippen molar-refractivity contribution in [2.75, 3.05) is 0 Å². The average molecular weight is 476 g/mol. The topological polar surface area (TPSA) is 57.2 Å². The van der Waals surface area contributed by atoms with Gasteiger partial charge in [0.05, 0.1) is 0 Å². The van der Waals surface area contributed by atoms with Gasteiger partial charge in [0.2, 0.25) is 0 Å². The van der Waals surface area contributed by atoms with E-state index in [1.54, 1.807) is 60.6 Å². The van der Waals surface area contributed by atoms with Crippen molar-refractivity contribution in [2.45, 2.75) is 30.3 Å². The summed E-state index contributed by atoms with van der Waals surface area (Å²) in [5.41, 5.74) is 2.34. The maximum Gasteiger partial charge on any atom is 0.138 e. The van der Waals surface area contributed by atoms with E-state index < -0.39 is 11.9 Å². The fourth-order valence-electron chi connectivity index (χ4n) is 2.97. The molecule has 0 aliphatic carbocycles. The van der Waals surface area contributed by atoms with Crippen molar-refractivity contribution in [2.24, 2.45) is 0 Å². The molecule has 0 spiro atoms. The molecule has 4 nitrogen and oxygen atoms in total. The number of halogens is 2. The van der Waals surface area contributed by atoms with Crippen LogP contribution in [0.4, 0.5) is 4.39 Å². The van der Waals surface area contributed by atoms with Gasteiger partial charge in [0.25, 0.3) is 0 Å². The average Bonchev–Trinajstić information content (AvgIpc) is 3.33. The van der Waals surface area contributed by atoms with Gasteiger partial charge in [-0.05, 0) is 58.8 Å². The summed E-state index contributed by atoms with van der Waals surface area (Å²) in [6.45, 7) is 4.00. The summed E-state index contributed by atoms with van der Waals surface area (Å²) in [5, 5.41) is 16.6. The first-order chi connectivity index (χ1) is 15.1.